The van der Waals surface area contributed by atoms with Crippen molar-refractivity contribution in [1.29, 1.82) is 0 Å². The lowest BCUT2D eigenvalue weighted by Crippen LogP contribution is -2.37. The summed E-state index contributed by atoms with van der Waals surface area (Å²) in [5.74, 6) is -1.14. The molecule has 8 nitrogen and oxygen atoms in total. The first-order valence-electron chi connectivity index (χ1n) is 17.4. The predicted octanol–water partition coefficient (Wildman–Crippen LogP) is 9.15. The van der Waals surface area contributed by atoms with Crippen LogP contribution in [-0.4, -0.2) is 44.3 Å². The number of anilines is 1. The van der Waals surface area contributed by atoms with E-state index in [0.29, 0.717) is 56.4 Å². The molecule has 1 saturated heterocycles. The molecule has 2 amide bonds. The Bertz CT molecular complexity index is 2250. The van der Waals surface area contributed by atoms with E-state index in [1.54, 1.807) is 73.7 Å². The molecule has 4 aromatic carbocycles. The number of amides is 2. The van der Waals surface area contributed by atoms with Gasteiger partial charge in [-0.3, -0.25) is 19.3 Å². The van der Waals surface area contributed by atoms with E-state index in [1.807, 2.05) is 37.3 Å². The van der Waals surface area contributed by atoms with Gasteiger partial charge in [0.25, 0.3) is 0 Å². The average molecular weight is 857 g/mol. The molecule has 2 saturated carbocycles. The smallest absolute Gasteiger partial charge is 0.339 e. The number of ketones is 1. The minimum atomic E-state index is -1.08. The van der Waals surface area contributed by atoms with Crippen LogP contribution in [0.3, 0.4) is 0 Å². The fraction of sp³-hybridized carbons (Fsp3) is 0.262. The van der Waals surface area contributed by atoms with Gasteiger partial charge in [-0.15, -0.1) is 0 Å². The molecule has 3 fully saturated rings. The number of aryl methyl sites for hydroxylation is 1. The molecule has 0 spiro atoms. The van der Waals surface area contributed by atoms with E-state index in [0.717, 1.165) is 12.0 Å². The third-order valence-electron chi connectivity index (χ3n) is 10.8. The molecule has 3 aliphatic rings. The van der Waals surface area contributed by atoms with Crippen LogP contribution in [0.2, 0.25) is 5.02 Å². The van der Waals surface area contributed by atoms with Gasteiger partial charge in [0.2, 0.25) is 17.6 Å². The lowest BCUT2D eigenvalue weighted by molar-refractivity contribution is -0.123. The maximum atomic E-state index is 13.8. The summed E-state index contributed by atoms with van der Waals surface area (Å²) in [6, 6.07) is 28.6. The predicted molar refractivity (Wildman–Crippen MR) is 210 cm³/mol. The van der Waals surface area contributed by atoms with E-state index in [9.17, 15) is 19.2 Å². The minimum Gasteiger partial charge on any atom is -0.489 e. The highest BCUT2D eigenvalue weighted by molar-refractivity contribution is 9.12. The van der Waals surface area contributed by atoms with Crippen molar-refractivity contribution in [2.75, 3.05) is 4.90 Å². The first-order chi connectivity index (χ1) is 25.5. The summed E-state index contributed by atoms with van der Waals surface area (Å²) in [5.41, 5.74) is 4.44. The number of carbonyl (C=O) groups is 4. The van der Waals surface area contributed by atoms with Gasteiger partial charge in [-0.25, -0.2) is 9.78 Å². The van der Waals surface area contributed by atoms with Gasteiger partial charge < -0.3 is 9.47 Å². The molecule has 1 aromatic heterocycles. The fourth-order valence-electron chi connectivity index (χ4n) is 8.07. The summed E-state index contributed by atoms with van der Waals surface area (Å²) in [5, 5.41) is 1.01. The summed E-state index contributed by atoms with van der Waals surface area (Å²) < 4.78 is 11.6. The number of aromatic nitrogens is 1. The van der Waals surface area contributed by atoms with Crippen LogP contribution in [0, 0.1) is 30.6 Å². The van der Waals surface area contributed by atoms with Gasteiger partial charge in [-0.1, -0.05) is 92.0 Å². The van der Waals surface area contributed by atoms with Crippen LogP contribution in [0.15, 0.2) is 97.1 Å². The Kier molecular flexibility index (Phi) is 9.49. The van der Waals surface area contributed by atoms with E-state index in [-0.39, 0.29) is 56.5 Å². The van der Waals surface area contributed by atoms with E-state index in [1.165, 1.54) is 4.90 Å². The number of fused-ring (bicyclic) bond motifs is 6. The number of hydrogen-bond donors (Lipinski definition) is 0. The molecule has 2 bridgehead atoms. The zero-order valence-corrected chi connectivity index (χ0v) is 32.6. The molecule has 2 heterocycles. The van der Waals surface area contributed by atoms with Crippen molar-refractivity contribution >= 4 is 83.6 Å². The summed E-state index contributed by atoms with van der Waals surface area (Å²) in [6.07, 6.45) is -0.221. The van der Waals surface area contributed by atoms with Gasteiger partial charge in [0.1, 0.15) is 12.4 Å². The number of alkyl halides is 2. The Morgan fingerprint density at radius 3 is 2.17 bits per heavy atom. The number of nitrogens with zero attached hydrogens (tertiary/aromatic N) is 2. The van der Waals surface area contributed by atoms with Crippen LogP contribution in [-0.2, 0) is 20.9 Å². The zero-order chi connectivity index (χ0) is 37.1. The molecule has 7 atom stereocenters. The van der Waals surface area contributed by atoms with Crippen molar-refractivity contribution in [2.45, 2.75) is 42.6 Å². The van der Waals surface area contributed by atoms with Gasteiger partial charge in [-0.2, -0.15) is 0 Å². The summed E-state index contributed by atoms with van der Waals surface area (Å²) in [6.45, 7) is 3.76. The van der Waals surface area contributed by atoms with Gasteiger partial charge >= 0.3 is 5.97 Å². The second-order valence-corrected chi connectivity index (χ2v) is 16.4. The number of ether oxygens (including phenoxy) is 2. The largest absolute Gasteiger partial charge is 0.489 e. The molecule has 2 aliphatic carbocycles. The van der Waals surface area contributed by atoms with E-state index >= 15 is 0 Å². The molecule has 0 N–H and O–H groups in total. The number of benzene rings is 4. The minimum absolute atomic E-state index is 0.119. The monoisotopic (exact) mass is 854 g/mol. The molecule has 0 radical (unpaired) electrons. The number of esters is 1. The van der Waals surface area contributed by atoms with Crippen molar-refractivity contribution in [3.05, 3.63) is 124 Å². The van der Waals surface area contributed by atoms with Gasteiger partial charge in [-0.05, 0) is 91.8 Å². The molecule has 53 heavy (non-hydrogen) atoms. The van der Waals surface area contributed by atoms with Crippen molar-refractivity contribution in [3.8, 4) is 17.0 Å². The molecule has 1 aliphatic heterocycles. The second kappa shape index (κ2) is 14.1. The topological polar surface area (TPSA) is 103 Å². The van der Waals surface area contributed by atoms with Crippen LogP contribution in [0.25, 0.3) is 22.2 Å². The van der Waals surface area contributed by atoms with E-state index < -0.39 is 12.1 Å². The zero-order valence-electron chi connectivity index (χ0n) is 28.7. The highest BCUT2D eigenvalue weighted by Gasteiger charge is 2.66. The average Bonchev–Trinajstić information content (AvgIpc) is 3.80. The summed E-state index contributed by atoms with van der Waals surface area (Å²) in [4.78, 5) is 60.9. The summed E-state index contributed by atoms with van der Waals surface area (Å²) in [7, 11) is 0. The lowest BCUT2D eigenvalue weighted by atomic mass is 9.81. The first-order valence-corrected chi connectivity index (χ1v) is 19.6. The number of pyridine rings is 1. The Morgan fingerprint density at radius 2 is 1.53 bits per heavy atom. The highest BCUT2D eigenvalue weighted by Crippen LogP contribution is 2.60. The lowest BCUT2D eigenvalue weighted by Gasteiger charge is -2.28. The Labute approximate surface area is 328 Å². The van der Waals surface area contributed by atoms with Crippen molar-refractivity contribution < 1.29 is 28.7 Å². The van der Waals surface area contributed by atoms with Crippen LogP contribution in [0.1, 0.15) is 45.2 Å². The Balaban J connectivity index is 1.02. The van der Waals surface area contributed by atoms with Crippen LogP contribution >= 0.6 is 43.5 Å². The maximum Gasteiger partial charge on any atom is 0.339 e. The van der Waals surface area contributed by atoms with E-state index in [2.05, 4.69) is 31.9 Å². The number of rotatable bonds is 9. The number of Topliss-reactive ketones (excluding diaryl/α,β-unsaturated/α-hetero) is 1. The maximum absolute atomic E-state index is 13.8. The van der Waals surface area contributed by atoms with Crippen molar-refractivity contribution in [3.63, 3.8) is 0 Å². The first kappa shape index (κ1) is 35.6. The fourth-order valence-corrected chi connectivity index (χ4v) is 10.1. The van der Waals surface area contributed by atoms with E-state index in [4.69, 9.17) is 26.1 Å². The molecular weight excluding hydrogens is 824 g/mol. The molecule has 7 unspecified atom stereocenters. The Morgan fingerprint density at radius 1 is 0.887 bits per heavy atom. The molecule has 268 valence electrons. The van der Waals surface area contributed by atoms with Crippen molar-refractivity contribution in [1.82, 2.24) is 4.98 Å². The second-order valence-electron chi connectivity index (χ2n) is 13.9. The van der Waals surface area contributed by atoms with Crippen LogP contribution in [0.4, 0.5) is 5.69 Å². The molecule has 5 aromatic rings. The number of imide groups is 1. The van der Waals surface area contributed by atoms with Crippen molar-refractivity contribution in [2.24, 2.45) is 23.7 Å². The number of halogens is 3. The standard InChI is InChI=1S/C42H33Br2ClN2O6/c1-21-32(45)17-16-28-29(42(51)53-22(2)39(48)25-10-14-27(15-11-25)52-20-23-6-4-3-5-7-23)19-33(46-38(21)28)24-8-12-26(13-9-24)47-40(49)34-30-18-31(35(34)41(47)50)37(44)36(30)43/h3-17,19,22,30-31,34-37H,18,20H2,1-2H3. The third kappa shape index (κ3) is 6.28. The SMILES string of the molecule is Cc1c(Cl)ccc2c(C(=O)OC(C)C(=O)c3ccc(OCc4ccccc4)cc3)cc(-c3ccc(N4C(=O)C5C6CC(C(Br)C6Br)C5C4=O)cc3)nc12. The molecule has 11 heteroatoms. The normalized spacial score (nSPS) is 23.7. The van der Waals surface area contributed by atoms with Gasteiger partial charge in [0.05, 0.1) is 34.3 Å². The molecule has 8 rings (SSSR count). The Hall–Kier alpha value is -4.38. The number of carbonyl (C=O) groups excluding carboxylic acids is 4. The summed E-state index contributed by atoms with van der Waals surface area (Å²) >= 11 is 14.0. The highest BCUT2D eigenvalue weighted by atomic mass is 79.9. The van der Waals surface area contributed by atoms with Crippen LogP contribution < -0.4 is 9.64 Å². The van der Waals surface area contributed by atoms with Gasteiger partial charge in [0, 0.05) is 31.2 Å². The van der Waals surface area contributed by atoms with Gasteiger partial charge in [0.15, 0.2) is 6.10 Å². The number of hydrogen-bond acceptors (Lipinski definition) is 7. The van der Waals surface area contributed by atoms with Crippen LogP contribution in [0.5, 0.6) is 5.75 Å². The quantitative estimate of drug-likeness (QED) is 0.0631. The third-order valence-corrected chi connectivity index (χ3v) is 14.5. The molecular formula is C42H33Br2ClN2O6.